The molecule has 0 aliphatic carbocycles. The standard InChI is InChI=1S/C22H23ClN2O4/c1-3-15-7-9-19(10-8-15)25-13-16(11-20(25)26)22(28)29-14(2)21(27)24-18-6-4-5-17(23)12-18/h4-10,12,14,16H,3,11,13H2,1-2H3,(H,24,27)/t14-,16-/m0/s1. The number of rotatable bonds is 6. The zero-order valence-electron chi connectivity index (χ0n) is 16.4. The van der Waals surface area contributed by atoms with Gasteiger partial charge in [-0.3, -0.25) is 14.4 Å². The van der Waals surface area contributed by atoms with E-state index in [-0.39, 0.29) is 18.9 Å². The summed E-state index contributed by atoms with van der Waals surface area (Å²) in [6.07, 6.45) is -0.00977. The Kier molecular flexibility index (Phi) is 6.54. The average molecular weight is 415 g/mol. The number of nitrogens with zero attached hydrogens (tertiary/aromatic N) is 1. The third-order valence-electron chi connectivity index (χ3n) is 4.87. The fourth-order valence-corrected chi connectivity index (χ4v) is 3.35. The third-order valence-corrected chi connectivity index (χ3v) is 5.10. The second-order valence-corrected chi connectivity index (χ2v) is 7.44. The molecule has 6 nitrogen and oxygen atoms in total. The summed E-state index contributed by atoms with van der Waals surface area (Å²) in [5, 5.41) is 3.14. The van der Waals surface area contributed by atoms with Crippen molar-refractivity contribution in [1.29, 1.82) is 0 Å². The summed E-state index contributed by atoms with van der Waals surface area (Å²) in [6, 6.07) is 14.4. The van der Waals surface area contributed by atoms with Gasteiger partial charge in [-0.15, -0.1) is 0 Å². The molecule has 1 heterocycles. The monoisotopic (exact) mass is 414 g/mol. The molecule has 0 bridgehead atoms. The molecule has 2 amide bonds. The summed E-state index contributed by atoms with van der Waals surface area (Å²) in [6.45, 7) is 3.80. The largest absolute Gasteiger partial charge is 0.452 e. The van der Waals surface area contributed by atoms with Gasteiger partial charge < -0.3 is 15.0 Å². The van der Waals surface area contributed by atoms with E-state index in [9.17, 15) is 14.4 Å². The molecule has 1 aliphatic rings. The van der Waals surface area contributed by atoms with E-state index < -0.39 is 23.9 Å². The van der Waals surface area contributed by atoms with E-state index in [1.54, 1.807) is 29.2 Å². The van der Waals surface area contributed by atoms with Crippen molar-refractivity contribution in [3.05, 3.63) is 59.1 Å². The maximum Gasteiger partial charge on any atom is 0.312 e. The van der Waals surface area contributed by atoms with Crippen molar-refractivity contribution in [1.82, 2.24) is 0 Å². The summed E-state index contributed by atoms with van der Waals surface area (Å²) in [5.74, 6) is -1.75. The minimum Gasteiger partial charge on any atom is -0.452 e. The van der Waals surface area contributed by atoms with Crippen LogP contribution in [0.4, 0.5) is 11.4 Å². The summed E-state index contributed by atoms with van der Waals surface area (Å²) < 4.78 is 5.30. The quantitative estimate of drug-likeness (QED) is 0.729. The van der Waals surface area contributed by atoms with Gasteiger partial charge in [0.2, 0.25) is 5.91 Å². The number of hydrogen-bond acceptors (Lipinski definition) is 4. The summed E-state index contributed by atoms with van der Waals surface area (Å²) in [7, 11) is 0. The number of hydrogen-bond donors (Lipinski definition) is 1. The highest BCUT2D eigenvalue weighted by molar-refractivity contribution is 6.30. The molecule has 0 unspecified atom stereocenters. The molecule has 152 valence electrons. The Hall–Kier alpha value is -2.86. The number of anilines is 2. The zero-order valence-corrected chi connectivity index (χ0v) is 17.1. The Morgan fingerprint density at radius 2 is 1.97 bits per heavy atom. The van der Waals surface area contributed by atoms with Gasteiger partial charge in [0, 0.05) is 29.4 Å². The number of nitrogens with one attached hydrogen (secondary N) is 1. The van der Waals surface area contributed by atoms with E-state index in [4.69, 9.17) is 16.3 Å². The molecule has 0 spiro atoms. The molecule has 1 saturated heterocycles. The normalized spacial score (nSPS) is 17.1. The first-order valence-corrected chi connectivity index (χ1v) is 9.91. The van der Waals surface area contributed by atoms with Gasteiger partial charge in [0.1, 0.15) is 0 Å². The second-order valence-electron chi connectivity index (χ2n) is 7.00. The van der Waals surface area contributed by atoms with Crippen LogP contribution in [0.5, 0.6) is 0 Å². The molecule has 1 fully saturated rings. The molecule has 7 heteroatoms. The van der Waals surface area contributed by atoms with Gasteiger partial charge in [-0.05, 0) is 49.2 Å². The van der Waals surface area contributed by atoms with Crippen LogP contribution in [0.15, 0.2) is 48.5 Å². The van der Waals surface area contributed by atoms with Gasteiger partial charge in [-0.2, -0.15) is 0 Å². The van der Waals surface area contributed by atoms with Crippen LogP contribution in [0.3, 0.4) is 0 Å². The molecule has 29 heavy (non-hydrogen) atoms. The van der Waals surface area contributed by atoms with Crippen molar-refractivity contribution in [2.75, 3.05) is 16.8 Å². The topological polar surface area (TPSA) is 75.7 Å². The highest BCUT2D eigenvalue weighted by atomic mass is 35.5. The number of carbonyl (C=O) groups excluding carboxylic acids is 3. The third kappa shape index (κ3) is 5.15. The fourth-order valence-electron chi connectivity index (χ4n) is 3.16. The lowest BCUT2D eigenvalue weighted by Gasteiger charge is -2.18. The van der Waals surface area contributed by atoms with Gasteiger partial charge in [0.25, 0.3) is 5.91 Å². The van der Waals surface area contributed by atoms with Crippen LogP contribution in [-0.2, 0) is 25.5 Å². The molecule has 0 radical (unpaired) electrons. The summed E-state index contributed by atoms with van der Waals surface area (Å²) >= 11 is 5.90. The Balaban J connectivity index is 1.57. The average Bonchev–Trinajstić information content (AvgIpc) is 3.10. The highest BCUT2D eigenvalue weighted by Gasteiger charge is 2.37. The van der Waals surface area contributed by atoms with Crippen LogP contribution in [-0.4, -0.2) is 30.4 Å². The van der Waals surface area contributed by atoms with E-state index in [1.807, 2.05) is 24.3 Å². The van der Waals surface area contributed by atoms with Crippen LogP contribution >= 0.6 is 11.6 Å². The SMILES string of the molecule is CCc1ccc(N2C[C@@H](C(=O)O[C@@H](C)C(=O)Nc3cccc(Cl)c3)CC2=O)cc1. The predicted octanol–water partition coefficient (Wildman–Crippen LogP) is 3.83. The molecule has 0 saturated carbocycles. The molecule has 2 atom stereocenters. The number of carbonyl (C=O) groups is 3. The van der Waals surface area contributed by atoms with Crippen LogP contribution < -0.4 is 10.2 Å². The first-order valence-electron chi connectivity index (χ1n) is 9.53. The summed E-state index contributed by atoms with van der Waals surface area (Å²) in [5.41, 5.74) is 2.45. The zero-order chi connectivity index (χ0) is 21.0. The number of aryl methyl sites for hydroxylation is 1. The van der Waals surface area contributed by atoms with Gasteiger partial charge in [0.15, 0.2) is 6.10 Å². The van der Waals surface area contributed by atoms with Crippen molar-refractivity contribution < 1.29 is 19.1 Å². The highest BCUT2D eigenvalue weighted by Crippen LogP contribution is 2.26. The summed E-state index contributed by atoms with van der Waals surface area (Å²) in [4.78, 5) is 38.7. The van der Waals surface area contributed by atoms with E-state index in [1.165, 1.54) is 12.5 Å². The van der Waals surface area contributed by atoms with Gasteiger partial charge in [-0.25, -0.2) is 0 Å². The minimum atomic E-state index is -0.991. The van der Waals surface area contributed by atoms with E-state index >= 15 is 0 Å². The Morgan fingerprint density at radius 3 is 2.62 bits per heavy atom. The Labute approximate surface area is 174 Å². The van der Waals surface area contributed by atoms with Crippen molar-refractivity contribution in [2.45, 2.75) is 32.8 Å². The maximum absolute atomic E-state index is 12.5. The molecular formula is C22H23ClN2O4. The first kappa shape index (κ1) is 20.9. The number of benzene rings is 2. The molecule has 3 rings (SSSR count). The van der Waals surface area contributed by atoms with Crippen molar-refractivity contribution in [2.24, 2.45) is 5.92 Å². The van der Waals surface area contributed by atoms with E-state index in [0.29, 0.717) is 10.7 Å². The number of esters is 1. The van der Waals surface area contributed by atoms with Crippen LogP contribution in [0, 0.1) is 5.92 Å². The van der Waals surface area contributed by atoms with Crippen LogP contribution in [0.25, 0.3) is 0 Å². The first-order chi connectivity index (χ1) is 13.9. The molecular weight excluding hydrogens is 392 g/mol. The smallest absolute Gasteiger partial charge is 0.312 e. The van der Waals surface area contributed by atoms with Gasteiger partial charge >= 0.3 is 5.97 Å². The number of ether oxygens (including phenoxy) is 1. The second kappa shape index (κ2) is 9.09. The molecule has 0 aromatic heterocycles. The van der Waals surface area contributed by atoms with Crippen LogP contribution in [0.1, 0.15) is 25.8 Å². The van der Waals surface area contributed by atoms with Crippen molar-refractivity contribution >= 4 is 40.8 Å². The number of amides is 2. The minimum absolute atomic E-state index is 0.0665. The van der Waals surface area contributed by atoms with E-state index in [2.05, 4.69) is 12.2 Å². The lowest BCUT2D eigenvalue weighted by Crippen LogP contribution is -2.33. The lowest BCUT2D eigenvalue weighted by atomic mass is 10.1. The van der Waals surface area contributed by atoms with Gasteiger partial charge in [0.05, 0.1) is 5.92 Å². The number of halogens is 1. The molecule has 2 aromatic carbocycles. The van der Waals surface area contributed by atoms with Crippen molar-refractivity contribution in [3.63, 3.8) is 0 Å². The fraction of sp³-hybridized carbons (Fsp3) is 0.318. The molecule has 2 aromatic rings. The predicted molar refractivity (Wildman–Crippen MR) is 112 cm³/mol. The lowest BCUT2D eigenvalue weighted by molar-refractivity contribution is -0.157. The molecule has 1 aliphatic heterocycles. The Bertz CT molecular complexity index is 913. The van der Waals surface area contributed by atoms with Crippen molar-refractivity contribution in [3.8, 4) is 0 Å². The maximum atomic E-state index is 12.5. The van der Waals surface area contributed by atoms with Crippen LogP contribution in [0.2, 0.25) is 5.02 Å². The van der Waals surface area contributed by atoms with E-state index in [0.717, 1.165) is 12.1 Å². The van der Waals surface area contributed by atoms with Gasteiger partial charge in [-0.1, -0.05) is 36.7 Å². The Morgan fingerprint density at radius 1 is 1.24 bits per heavy atom. The molecule has 1 N–H and O–H groups in total.